The van der Waals surface area contributed by atoms with Crippen molar-refractivity contribution in [3.8, 4) is 16.3 Å². The molecule has 0 atom stereocenters. The normalized spacial score (nSPS) is 10.4. The zero-order valence-corrected chi connectivity index (χ0v) is 10.1. The number of carboxylic acids is 1. The van der Waals surface area contributed by atoms with Crippen LogP contribution >= 0.6 is 22.9 Å². The molecule has 0 saturated heterocycles. The van der Waals surface area contributed by atoms with Gasteiger partial charge in [0.2, 0.25) is 0 Å². The summed E-state index contributed by atoms with van der Waals surface area (Å²) in [5, 5.41) is 21.0. The van der Waals surface area contributed by atoms with E-state index < -0.39 is 5.97 Å². The highest BCUT2D eigenvalue weighted by Gasteiger charge is 2.11. The van der Waals surface area contributed by atoms with Gasteiger partial charge in [-0.3, -0.25) is 4.79 Å². The van der Waals surface area contributed by atoms with Gasteiger partial charge < -0.3 is 10.2 Å². The first kappa shape index (κ1) is 11.9. The predicted octanol–water partition coefficient (Wildman–Crippen LogP) is 2.80. The molecule has 6 heteroatoms. The van der Waals surface area contributed by atoms with E-state index in [1.807, 2.05) is 0 Å². The van der Waals surface area contributed by atoms with Gasteiger partial charge in [-0.15, -0.1) is 11.3 Å². The third-order valence-electron chi connectivity index (χ3n) is 2.07. The van der Waals surface area contributed by atoms with Gasteiger partial charge in [0.15, 0.2) is 0 Å². The lowest BCUT2D eigenvalue weighted by atomic mass is 10.2. The van der Waals surface area contributed by atoms with Crippen LogP contribution < -0.4 is 0 Å². The predicted molar refractivity (Wildman–Crippen MR) is 65.6 cm³/mol. The van der Waals surface area contributed by atoms with E-state index in [1.165, 1.54) is 17.4 Å². The fourth-order valence-corrected chi connectivity index (χ4v) is 2.36. The molecule has 2 rings (SSSR count). The molecule has 2 N–H and O–H groups in total. The smallest absolute Gasteiger partial charge is 0.309 e. The van der Waals surface area contributed by atoms with Crippen molar-refractivity contribution in [3.05, 3.63) is 34.3 Å². The number of carboxylic acid groups (broad SMARTS) is 1. The van der Waals surface area contributed by atoms with Crippen molar-refractivity contribution >= 4 is 28.9 Å². The van der Waals surface area contributed by atoms with Crippen molar-refractivity contribution in [2.24, 2.45) is 0 Å². The Hall–Kier alpha value is -1.59. The Morgan fingerprint density at radius 1 is 1.47 bits per heavy atom. The Bertz CT molecular complexity index is 568. The van der Waals surface area contributed by atoms with Crippen molar-refractivity contribution < 1.29 is 15.0 Å². The second kappa shape index (κ2) is 4.73. The molecule has 4 nitrogen and oxygen atoms in total. The number of aromatic nitrogens is 1. The van der Waals surface area contributed by atoms with Crippen LogP contribution in [0.4, 0.5) is 0 Å². The van der Waals surface area contributed by atoms with E-state index in [4.69, 9.17) is 16.7 Å². The van der Waals surface area contributed by atoms with Crippen LogP contribution in [0.2, 0.25) is 5.02 Å². The standard InChI is InChI=1S/C11H8ClNO3S/c12-6-1-2-9(14)8(3-6)11-13-7(5-17-11)4-10(15)16/h1-3,5,14H,4H2,(H,15,16). The Kier molecular flexibility index (Phi) is 3.31. The topological polar surface area (TPSA) is 70.4 Å². The molecule has 1 aromatic carbocycles. The Balaban J connectivity index is 2.36. The van der Waals surface area contributed by atoms with Crippen LogP contribution in [-0.4, -0.2) is 21.2 Å². The summed E-state index contributed by atoms with van der Waals surface area (Å²) in [5.74, 6) is -0.859. The number of hydrogen-bond donors (Lipinski definition) is 2. The van der Waals surface area contributed by atoms with Crippen LogP contribution in [0.15, 0.2) is 23.6 Å². The van der Waals surface area contributed by atoms with E-state index >= 15 is 0 Å². The summed E-state index contributed by atoms with van der Waals surface area (Å²) in [7, 11) is 0. The van der Waals surface area contributed by atoms with E-state index in [2.05, 4.69) is 4.98 Å². The van der Waals surface area contributed by atoms with Crippen molar-refractivity contribution in [1.29, 1.82) is 0 Å². The zero-order chi connectivity index (χ0) is 12.4. The number of phenolic OH excluding ortho intramolecular Hbond substituents is 1. The van der Waals surface area contributed by atoms with Gasteiger partial charge in [0.05, 0.1) is 17.7 Å². The highest BCUT2D eigenvalue weighted by molar-refractivity contribution is 7.13. The van der Waals surface area contributed by atoms with Gasteiger partial charge >= 0.3 is 5.97 Å². The molecule has 0 radical (unpaired) electrons. The highest BCUT2D eigenvalue weighted by Crippen LogP contribution is 2.33. The van der Waals surface area contributed by atoms with Crippen molar-refractivity contribution in [1.82, 2.24) is 4.98 Å². The number of benzene rings is 1. The number of thiazole rings is 1. The number of carbonyl (C=O) groups is 1. The molecule has 0 saturated carbocycles. The zero-order valence-electron chi connectivity index (χ0n) is 8.55. The molecule has 17 heavy (non-hydrogen) atoms. The third-order valence-corrected chi connectivity index (χ3v) is 3.23. The average Bonchev–Trinajstić information content (AvgIpc) is 2.69. The number of aromatic hydroxyl groups is 1. The minimum Gasteiger partial charge on any atom is -0.507 e. The molecule has 0 aliphatic rings. The van der Waals surface area contributed by atoms with Gasteiger partial charge in [0, 0.05) is 10.4 Å². The fraction of sp³-hybridized carbons (Fsp3) is 0.0909. The van der Waals surface area contributed by atoms with Crippen molar-refractivity contribution in [2.45, 2.75) is 6.42 Å². The molecule has 0 aliphatic carbocycles. The third kappa shape index (κ3) is 2.75. The lowest BCUT2D eigenvalue weighted by Gasteiger charge is -2.00. The van der Waals surface area contributed by atoms with Crippen LogP contribution in [0.3, 0.4) is 0 Å². The minimum absolute atomic E-state index is 0.0747. The number of rotatable bonds is 3. The van der Waals surface area contributed by atoms with E-state index in [0.717, 1.165) is 0 Å². The van der Waals surface area contributed by atoms with Gasteiger partial charge in [0.1, 0.15) is 10.8 Å². The van der Waals surface area contributed by atoms with Gasteiger partial charge in [-0.25, -0.2) is 4.98 Å². The molecule has 0 aliphatic heterocycles. The maximum atomic E-state index is 10.5. The van der Waals surface area contributed by atoms with Crippen molar-refractivity contribution in [3.63, 3.8) is 0 Å². The molecule has 2 aromatic rings. The molecule has 1 aromatic heterocycles. The van der Waals surface area contributed by atoms with E-state index in [9.17, 15) is 9.90 Å². The number of hydrogen-bond acceptors (Lipinski definition) is 4. The molecular formula is C11H8ClNO3S. The summed E-state index contributed by atoms with van der Waals surface area (Å²) in [5.41, 5.74) is 0.982. The van der Waals surface area contributed by atoms with Crippen LogP contribution in [0.1, 0.15) is 5.69 Å². The maximum absolute atomic E-state index is 10.5. The number of halogens is 1. The summed E-state index contributed by atoms with van der Waals surface area (Å²) >= 11 is 7.10. The first-order valence-corrected chi connectivity index (χ1v) is 5.97. The quantitative estimate of drug-likeness (QED) is 0.899. The summed E-state index contributed by atoms with van der Waals surface area (Å²) in [4.78, 5) is 14.7. The first-order chi connectivity index (χ1) is 8.06. The molecule has 0 amide bonds. The molecule has 0 bridgehead atoms. The molecule has 1 heterocycles. The molecule has 0 unspecified atom stereocenters. The molecule has 0 fully saturated rings. The largest absolute Gasteiger partial charge is 0.507 e. The first-order valence-electron chi connectivity index (χ1n) is 4.71. The summed E-state index contributed by atoms with van der Waals surface area (Å²) in [6.07, 6.45) is -0.127. The van der Waals surface area contributed by atoms with Crippen LogP contribution in [0.25, 0.3) is 10.6 Å². The molecule has 88 valence electrons. The van der Waals surface area contributed by atoms with Gasteiger partial charge in [-0.1, -0.05) is 11.6 Å². The van der Waals surface area contributed by atoms with Crippen LogP contribution in [-0.2, 0) is 11.2 Å². The Morgan fingerprint density at radius 2 is 2.24 bits per heavy atom. The lowest BCUT2D eigenvalue weighted by molar-refractivity contribution is -0.136. The van der Waals surface area contributed by atoms with Crippen LogP contribution in [0.5, 0.6) is 5.75 Å². The second-order valence-electron chi connectivity index (χ2n) is 3.38. The lowest BCUT2D eigenvalue weighted by Crippen LogP contribution is -1.99. The van der Waals surface area contributed by atoms with Crippen LogP contribution in [0, 0.1) is 0 Å². The SMILES string of the molecule is O=C(O)Cc1csc(-c2cc(Cl)ccc2O)n1. The Morgan fingerprint density at radius 3 is 2.94 bits per heavy atom. The molecule has 0 spiro atoms. The number of aliphatic carboxylic acids is 1. The van der Waals surface area contributed by atoms with Gasteiger partial charge in [-0.2, -0.15) is 0 Å². The second-order valence-corrected chi connectivity index (χ2v) is 4.67. The highest BCUT2D eigenvalue weighted by atomic mass is 35.5. The Labute approximate surface area is 106 Å². The average molecular weight is 270 g/mol. The van der Waals surface area contributed by atoms with E-state index in [0.29, 0.717) is 21.3 Å². The fourth-order valence-electron chi connectivity index (χ4n) is 1.35. The summed E-state index contributed by atoms with van der Waals surface area (Å²) in [6, 6.07) is 4.66. The maximum Gasteiger partial charge on any atom is 0.309 e. The number of nitrogens with zero attached hydrogens (tertiary/aromatic N) is 1. The summed E-state index contributed by atoms with van der Waals surface area (Å²) in [6.45, 7) is 0. The number of phenols is 1. The van der Waals surface area contributed by atoms with Gasteiger partial charge in [-0.05, 0) is 18.2 Å². The van der Waals surface area contributed by atoms with Gasteiger partial charge in [0.25, 0.3) is 0 Å². The summed E-state index contributed by atoms with van der Waals surface area (Å²) < 4.78 is 0. The molecular weight excluding hydrogens is 262 g/mol. The van der Waals surface area contributed by atoms with E-state index in [-0.39, 0.29) is 12.2 Å². The van der Waals surface area contributed by atoms with Crippen molar-refractivity contribution in [2.75, 3.05) is 0 Å². The van der Waals surface area contributed by atoms with E-state index in [1.54, 1.807) is 17.5 Å². The monoisotopic (exact) mass is 269 g/mol. The minimum atomic E-state index is -0.933.